The summed E-state index contributed by atoms with van der Waals surface area (Å²) in [6.45, 7) is 5.85. The predicted octanol–water partition coefficient (Wildman–Crippen LogP) is 3.81. The molecule has 0 aliphatic carbocycles. The highest BCUT2D eigenvalue weighted by molar-refractivity contribution is 5.67. The second kappa shape index (κ2) is 7.16. The first-order valence-corrected chi connectivity index (χ1v) is 8.34. The molecular weight excluding hydrogens is 284 g/mol. The van der Waals surface area contributed by atoms with Crippen LogP contribution in [-0.4, -0.2) is 45.3 Å². The Bertz CT molecular complexity index is 630. The highest BCUT2D eigenvalue weighted by atomic mass is 16.5. The number of anilines is 1. The largest absolute Gasteiger partial charge is 0.378 e. The highest BCUT2D eigenvalue weighted by Gasteiger charge is 2.12. The molecule has 0 radical (unpaired) electrons. The van der Waals surface area contributed by atoms with Gasteiger partial charge in [-0.05, 0) is 55.9 Å². The molecule has 122 valence electrons. The van der Waals surface area contributed by atoms with Gasteiger partial charge in [-0.3, -0.25) is 0 Å². The molecule has 0 saturated carbocycles. The third-order valence-electron chi connectivity index (χ3n) is 4.72. The highest BCUT2D eigenvalue weighted by Crippen LogP contribution is 2.27. The third-order valence-corrected chi connectivity index (χ3v) is 4.72. The Morgan fingerprint density at radius 1 is 0.957 bits per heavy atom. The van der Waals surface area contributed by atoms with Gasteiger partial charge in [-0.25, -0.2) is 0 Å². The smallest absolute Gasteiger partial charge is 0.0642 e. The zero-order chi connectivity index (χ0) is 16.2. The Morgan fingerprint density at radius 2 is 1.65 bits per heavy atom. The first kappa shape index (κ1) is 16.0. The van der Waals surface area contributed by atoms with Gasteiger partial charge in [0.2, 0.25) is 0 Å². The van der Waals surface area contributed by atoms with Gasteiger partial charge in [0.05, 0.1) is 13.2 Å². The fourth-order valence-corrected chi connectivity index (χ4v) is 2.96. The average molecular weight is 310 g/mol. The van der Waals surface area contributed by atoms with Crippen LogP contribution in [0.25, 0.3) is 11.1 Å². The monoisotopic (exact) mass is 310 g/mol. The van der Waals surface area contributed by atoms with E-state index >= 15 is 0 Å². The summed E-state index contributed by atoms with van der Waals surface area (Å²) in [5, 5.41) is 0. The molecule has 1 aliphatic rings. The molecule has 1 saturated heterocycles. The van der Waals surface area contributed by atoms with E-state index in [1.54, 1.807) is 0 Å². The molecule has 3 rings (SSSR count). The number of hydrogen-bond acceptors (Lipinski definition) is 3. The summed E-state index contributed by atoms with van der Waals surface area (Å²) in [4.78, 5) is 4.62. The summed E-state index contributed by atoms with van der Waals surface area (Å²) < 4.78 is 5.42. The molecule has 3 nitrogen and oxygen atoms in total. The zero-order valence-corrected chi connectivity index (χ0v) is 14.3. The van der Waals surface area contributed by atoms with E-state index in [4.69, 9.17) is 4.74 Å². The number of hydrogen-bond donors (Lipinski definition) is 0. The average Bonchev–Trinajstić information content (AvgIpc) is 2.62. The Morgan fingerprint density at radius 3 is 2.30 bits per heavy atom. The van der Waals surface area contributed by atoms with Gasteiger partial charge in [-0.15, -0.1) is 0 Å². The molecule has 23 heavy (non-hydrogen) atoms. The van der Waals surface area contributed by atoms with Gasteiger partial charge in [0, 0.05) is 24.8 Å². The van der Waals surface area contributed by atoms with E-state index < -0.39 is 0 Å². The predicted molar refractivity (Wildman–Crippen MR) is 97.0 cm³/mol. The molecular formula is C20H26N2O. The summed E-state index contributed by atoms with van der Waals surface area (Å²) in [6.07, 6.45) is 0. The lowest BCUT2D eigenvalue weighted by Gasteiger charge is -2.29. The van der Waals surface area contributed by atoms with Gasteiger partial charge in [-0.2, -0.15) is 0 Å². The standard InChI is InChI=1S/C20H26N2O/c1-16(21(2)3)18-5-4-6-19(15-18)17-7-9-20(10-8-17)22-11-13-23-14-12-22/h4-10,15-16H,11-14H2,1-3H3/t16-/m1/s1. The molecule has 2 aromatic carbocycles. The maximum atomic E-state index is 5.42. The molecule has 1 fully saturated rings. The molecule has 2 aromatic rings. The molecule has 0 spiro atoms. The van der Waals surface area contributed by atoms with Crippen molar-refractivity contribution < 1.29 is 4.74 Å². The van der Waals surface area contributed by atoms with Crippen LogP contribution in [0.15, 0.2) is 48.5 Å². The Hall–Kier alpha value is -1.84. The van der Waals surface area contributed by atoms with Crippen LogP contribution in [-0.2, 0) is 4.74 Å². The lowest BCUT2D eigenvalue weighted by molar-refractivity contribution is 0.122. The van der Waals surface area contributed by atoms with Crippen molar-refractivity contribution in [2.75, 3.05) is 45.3 Å². The van der Waals surface area contributed by atoms with Gasteiger partial charge in [0.15, 0.2) is 0 Å². The van der Waals surface area contributed by atoms with E-state index in [9.17, 15) is 0 Å². The minimum absolute atomic E-state index is 0.419. The number of ether oxygens (including phenoxy) is 1. The van der Waals surface area contributed by atoms with Crippen LogP contribution in [0.2, 0.25) is 0 Å². The SMILES string of the molecule is C[C@H](c1cccc(-c2ccc(N3CCOCC3)cc2)c1)N(C)C. The second-order valence-electron chi connectivity index (χ2n) is 6.41. The fourth-order valence-electron chi connectivity index (χ4n) is 2.96. The van der Waals surface area contributed by atoms with Crippen molar-refractivity contribution in [1.29, 1.82) is 0 Å². The van der Waals surface area contributed by atoms with Crippen molar-refractivity contribution in [3.63, 3.8) is 0 Å². The first-order valence-electron chi connectivity index (χ1n) is 8.34. The molecule has 0 N–H and O–H groups in total. The molecule has 0 unspecified atom stereocenters. The molecule has 1 aliphatic heterocycles. The van der Waals surface area contributed by atoms with E-state index in [-0.39, 0.29) is 0 Å². The summed E-state index contributed by atoms with van der Waals surface area (Å²) in [7, 11) is 4.24. The summed E-state index contributed by atoms with van der Waals surface area (Å²) >= 11 is 0. The summed E-state index contributed by atoms with van der Waals surface area (Å²) in [5.41, 5.74) is 5.19. The minimum Gasteiger partial charge on any atom is -0.378 e. The lowest BCUT2D eigenvalue weighted by atomic mass is 9.99. The Balaban J connectivity index is 1.80. The van der Waals surface area contributed by atoms with Crippen LogP contribution in [0, 0.1) is 0 Å². The number of rotatable bonds is 4. The Labute approximate surface area is 139 Å². The fraction of sp³-hybridized carbons (Fsp3) is 0.400. The van der Waals surface area contributed by atoms with Crippen molar-refractivity contribution in [3.8, 4) is 11.1 Å². The maximum Gasteiger partial charge on any atom is 0.0642 e. The van der Waals surface area contributed by atoms with Crippen molar-refractivity contribution in [2.45, 2.75) is 13.0 Å². The van der Waals surface area contributed by atoms with Crippen molar-refractivity contribution in [3.05, 3.63) is 54.1 Å². The normalized spacial score (nSPS) is 16.6. The molecule has 0 aromatic heterocycles. The number of morpholine rings is 1. The number of benzene rings is 2. The van der Waals surface area contributed by atoms with Crippen LogP contribution in [0.1, 0.15) is 18.5 Å². The van der Waals surface area contributed by atoms with Crippen LogP contribution in [0.4, 0.5) is 5.69 Å². The van der Waals surface area contributed by atoms with Crippen molar-refractivity contribution in [2.24, 2.45) is 0 Å². The summed E-state index contributed by atoms with van der Waals surface area (Å²) in [5.74, 6) is 0. The molecule has 0 bridgehead atoms. The third kappa shape index (κ3) is 3.74. The minimum atomic E-state index is 0.419. The van der Waals surface area contributed by atoms with E-state index in [0.717, 1.165) is 26.3 Å². The van der Waals surface area contributed by atoms with E-state index in [2.05, 4.69) is 79.3 Å². The topological polar surface area (TPSA) is 15.7 Å². The first-order chi connectivity index (χ1) is 11.1. The van der Waals surface area contributed by atoms with Crippen LogP contribution in [0.3, 0.4) is 0 Å². The molecule has 1 atom stereocenters. The Kier molecular flexibility index (Phi) is 4.99. The van der Waals surface area contributed by atoms with Gasteiger partial charge in [-0.1, -0.05) is 30.3 Å². The lowest BCUT2D eigenvalue weighted by Crippen LogP contribution is -2.36. The van der Waals surface area contributed by atoms with Gasteiger partial charge >= 0.3 is 0 Å². The quantitative estimate of drug-likeness (QED) is 0.854. The van der Waals surface area contributed by atoms with Gasteiger partial charge in [0.1, 0.15) is 0 Å². The maximum absolute atomic E-state index is 5.42. The van der Waals surface area contributed by atoms with Crippen LogP contribution in [0.5, 0.6) is 0 Å². The van der Waals surface area contributed by atoms with Crippen LogP contribution < -0.4 is 4.90 Å². The summed E-state index contributed by atoms with van der Waals surface area (Å²) in [6, 6.07) is 18.2. The molecule has 3 heteroatoms. The van der Waals surface area contributed by atoms with Gasteiger partial charge < -0.3 is 14.5 Å². The molecule has 0 amide bonds. The second-order valence-corrected chi connectivity index (χ2v) is 6.41. The van der Waals surface area contributed by atoms with E-state index in [1.165, 1.54) is 22.4 Å². The zero-order valence-electron chi connectivity index (χ0n) is 14.3. The van der Waals surface area contributed by atoms with E-state index in [0.29, 0.717) is 6.04 Å². The van der Waals surface area contributed by atoms with Crippen molar-refractivity contribution >= 4 is 5.69 Å². The van der Waals surface area contributed by atoms with E-state index in [1.807, 2.05) is 0 Å². The van der Waals surface area contributed by atoms with Crippen molar-refractivity contribution in [1.82, 2.24) is 4.90 Å². The van der Waals surface area contributed by atoms with Gasteiger partial charge in [0.25, 0.3) is 0 Å². The van der Waals surface area contributed by atoms with Crippen LogP contribution >= 0.6 is 0 Å². The molecule has 1 heterocycles. The number of nitrogens with zero attached hydrogens (tertiary/aromatic N) is 2.